The van der Waals surface area contributed by atoms with Crippen molar-refractivity contribution in [3.05, 3.63) is 29.8 Å². The maximum absolute atomic E-state index is 8.89. The minimum absolute atomic E-state index is 0.594. The van der Waals surface area contributed by atoms with E-state index in [1.54, 1.807) is 0 Å². The minimum Gasteiger partial charge on any atom is -0.335 e. The molecule has 100 valence electrons. The van der Waals surface area contributed by atoms with Gasteiger partial charge in [0.25, 0.3) is 0 Å². The number of anilines is 1. The third-order valence-corrected chi connectivity index (χ3v) is 4.79. The van der Waals surface area contributed by atoms with Crippen LogP contribution in [0.15, 0.2) is 29.3 Å². The number of aliphatic imine (C=N–C) groups is 1. The Kier molecular flexibility index (Phi) is 4.86. The van der Waals surface area contributed by atoms with E-state index in [0.29, 0.717) is 10.8 Å². The first kappa shape index (κ1) is 14.0. The molecule has 19 heavy (non-hydrogen) atoms. The molecule has 0 radical (unpaired) electrons. The lowest BCUT2D eigenvalue weighted by Gasteiger charge is -2.18. The summed E-state index contributed by atoms with van der Waals surface area (Å²) in [5.74, 6) is 0.735. The molecule has 0 aliphatic carbocycles. The number of hydrogen-bond acceptors (Lipinski definition) is 4. The van der Waals surface area contributed by atoms with Crippen molar-refractivity contribution in [1.82, 2.24) is 0 Å². The number of nitrogens with zero attached hydrogens (tertiary/aromatic N) is 2. The summed E-state index contributed by atoms with van der Waals surface area (Å²) in [4.78, 5) is 4.57. The Balaban J connectivity index is 1.96. The number of rotatable bonds is 4. The molecule has 1 atom stereocenters. The summed E-state index contributed by atoms with van der Waals surface area (Å²) in [6.07, 6.45) is 2.42. The SMILES string of the molecule is CCC(CC)C1CN=C(Nc2cccc(C#N)c2)S1. The Morgan fingerprint density at radius 2 is 2.26 bits per heavy atom. The van der Waals surface area contributed by atoms with Gasteiger partial charge in [0.15, 0.2) is 5.17 Å². The molecule has 1 aliphatic rings. The average Bonchev–Trinajstić information content (AvgIpc) is 2.89. The summed E-state index contributed by atoms with van der Waals surface area (Å²) in [6.45, 7) is 5.39. The summed E-state index contributed by atoms with van der Waals surface area (Å²) >= 11 is 1.83. The number of hydrogen-bond donors (Lipinski definition) is 1. The maximum atomic E-state index is 8.89. The molecule has 1 unspecified atom stereocenters. The Morgan fingerprint density at radius 1 is 1.47 bits per heavy atom. The van der Waals surface area contributed by atoms with E-state index in [9.17, 15) is 0 Å². The van der Waals surface area contributed by atoms with Crippen LogP contribution in [0.2, 0.25) is 0 Å². The van der Waals surface area contributed by atoms with Gasteiger partial charge in [-0.05, 0) is 24.1 Å². The molecule has 1 heterocycles. The minimum atomic E-state index is 0.594. The normalized spacial score (nSPS) is 18.2. The van der Waals surface area contributed by atoms with Crippen molar-refractivity contribution < 1.29 is 0 Å². The van der Waals surface area contributed by atoms with E-state index >= 15 is 0 Å². The number of thioether (sulfide) groups is 1. The smallest absolute Gasteiger partial charge is 0.161 e. The molecule has 1 aliphatic heterocycles. The number of benzene rings is 1. The van der Waals surface area contributed by atoms with E-state index in [-0.39, 0.29) is 0 Å². The van der Waals surface area contributed by atoms with E-state index in [1.165, 1.54) is 12.8 Å². The van der Waals surface area contributed by atoms with Crippen molar-refractivity contribution in [2.75, 3.05) is 11.9 Å². The quantitative estimate of drug-likeness (QED) is 0.905. The zero-order chi connectivity index (χ0) is 13.7. The second kappa shape index (κ2) is 6.63. The second-order valence-corrected chi connectivity index (χ2v) is 5.92. The molecule has 1 N–H and O–H groups in total. The lowest BCUT2D eigenvalue weighted by Crippen LogP contribution is -2.17. The summed E-state index contributed by atoms with van der Waals surface area (Å²) in [7, 11) is 0. The molecule has 0 spiro atoms. The molecule has 0 saturated carbocycles. The van der Waals surface area contributed by atoms with Gasteiger partial charge in [0.1, 0.15) is 0 Å². The third-order valence-electron chi connectivity index (χ3n) is 3.50. The van der Waals surface area contributed by atoms with Gasteiger partial charge in [0.2, 0.25) is 0 Å². The molecule has 3 nitrogen and oxygen atoms in total. The van der Waals surface area contributed by atoms with Crippen molar-refractivity contribution >= 4 is 22.6 Å². The molecular weight excluding hydrogens is 254 g/mol. The van der Waals surface area contributed by atoms with Crippen LogP contribution in [-0.2, 0) is 0 Å². The van der Waals surface area contributed by atoms with Crippen LogP contribution in [0.3, 0.4) is 0 Å². The molecular formula is C15H19N3S. The van der Waals surface area contributed by atoms with Gasteiger partial charge in [-0.2, -0.15) is 5.26 Å². The van der Waals surface area contributed by atoms with Gasteiger partial charge in [-0.1, -0.05) is 44.5 Å². The molecule has 0 fully saturated rings. The van der Waals surface area contributed by atoms with E-state index in [1.807, 2.05) is 36.0 Å². The highest BCUT2D eigenvalue weighted by Crippen LogP contribution is 2.31. The summed E-state index contributed by atoms with van der Waals surface area (Å²) in [6, 6.07) is 9.67. The van der Waals surface area contributed by atoms with Crippen LogP contribution in [0.5, 0.6) is 0 Å². The standard InChI is InChI=1S/C15H19N3S/c1-3-12(4-2)14-10-17-15(19-14)18-13-7-5-6-11(8-13)9-16/h5-8,12,14H,3-4,10H2,1-2H3,(H,17,18). The van der Waals surface area contributed by atoms with Crippen molar-refractivity contribution in [2.45, 2.75) is 31.9 Å². The van der Waals surface area contributed by atoms with Crippen LogP contribution in [0.1, 0.15) is 32.3 Å². The first-order valence-electron chi connectivity index (χ1n) is 6.75. The molecule has 0 amide bonds. The zero-order valence-electron chi connectivity index (χ0n) is 11.4. The summed E-state index contributed by atoms with van der Waals surface area (Å²) in [5.41, 5.74) is 1.61. The van der Waals surface area contributed by atoms with Crippen LogP contribution >= 0.6 is 11.8 Å². The lowest BCUT2D eigenvalue weighted by molar-refractivity contribution is 0.479. The van der Waals surface area contributed by atoms with E-state index in [2.05, 4.69) is 30.2 Å². The van der Waals surface area contributed by atoms with Gasteiger partial charge in [0.05, 0.1) is 18.2 Å². The Hall–Kier alpha value is -1.47. The van der Waals surface area contributed by atoms with Crippen LogP contribution in [0.25, 0.3) is 0 Å². The monoisotopic (exact) mass is 273 g/mol. The molecule has 1 aromatic carbocycles. The van der Waals surface area contributed by atoms with Crippen LogP contribution in [0, 0.1) is 17.2 Å². The zero-order valence-corrected chi connectivity index (χ0v) is 12.2. The summed E-state index contributed by atoms with van der Waals surface area (Å²) < 4.78 is 0. The second-order valence-electron chi connectivity index (χ2n) is 4.70. The predicted octanol–water partition coefficient (Wildman–Crippen LogP) is 3.88. The largest absolute Gasteiger partial charge is 0.335 e. The highest BCUT2D eigenvalue weighted by molar-refractivity contribution is 8.15. The maximum Gasteiger partial charge on any atom is 0.161 e. The molecule has 0 saturated heterocycles. The Morgan fingerprint density at radius 3 is 2.95 bits per heavy atom. The van der Waals surface area contributed by atoms with Crippen LogP contribution < -0.4 is 5.32 Å². The van der Waals surface area contributed by atoms with Gasteiger partial charge >= 0.3 is 0 Å². The van der Waals surface area contributed by atoms with E-state index in [4.69, 9.17) is 5.26 Å². The van der Waals surface area contributed by atoms with Gasteiger partial charge in [0, 0.05) is 10.9 Å². The number of nitriles is 1. The first-order chi connectivity index (χ1) is 9.26. The highest BCUT2D eigenvalue weighted by Gasteiger charge is 2.25. The van der Waals surface area contributed by atoms with Crippen molar-refractivity contribution in [1.29, 1.82) is 5.26 Å². The van der Waals surface area contributed by atoms with Crippen molar-refractivity contribution in [2.24, 2.45) is 10.9 Å². The van der Waals surface area contributed by atoms with Crippen molar-refractivity contribution in [3.63, 3.8) is 0 Å². The molecule has 0 aromatic heterocycles. The van der Waals surface area contributed by atoms with E-state index in [0.717, 1.165) is 23.3 Å². The van der Waals surface area contributed by atoms with E-state index < -0.39 is 0 Å². The van der Waals surface area contributed by atoms with Crippen LogP contribution in [0.4, 0.5) is 5.69 Å². The Bertz CT molecular complexity index is 500. The number of amidine groups is 1. The molecule has 1 aromatic rings. The fraction of sp³-hybridized carbons (Fsp3) is 0.467. The molecule has 2 rings (SSSR count). The van der Waals surface area contributed by atoms with Gasteiger partial charge in [-0.25, -0.2) is 0 Å². The van der Waals surface area contributed by atoms with Gasteiger partial charge in [-0.15, -0.1) is 0 Å². The third kappa shape index (κ3) is 3.51. The predicted molar refractivity (Wildman–Crippen MR) is 82.5 cm³/mol. The molecule has 0 bridgehead atoms. The topological polar surface area (TPSA) is 48.2 Å². The summed E-state index contributed by atoms with van der Waals surface area (Å²) in [5, 5.41) is 13.8. The first-order valence-corrected chi connectivity index (χ1v) is 7.63. The van der Waals surface area contributed by atoms with Gasteiger partial charge < -0.3 is 5.32 Å². The fourth-order valence-corrected chi connectivity index (χ4v) is 3.65. The molecule has 4 heteroatoms. The highest BCUT2D eigenvalue weighted by atomic mass is 32.2. The number of nitrogens with one attached hydrogen (secondary N) is 1. The van der Waals surface area contributed by atoms with Gasteiger partial charge in [-0.3, -0.25) is 4.99 Å². The van der Waals surface area contributed by atoms with Crippen molar-refractivity contribution in [3.8, 4) is 6.07 Å². The Labute approximate surface area is 119 Å². The fourth-order valence-electron chi connectivity index (χ4n) is 2.31. The van der Waals surface area contributed by atoms with Crippen LogP contribution in [-0.4, -0.2) is 17.0 Å². The average molecular weight is 273 g/mol. The lowest BCUT2D eigenvalue weighted by atomic mass is 9.99.